The van der Waals surface area contributed by atoms with Crippen LogP contribution in [0.4, 0.5) is 0 Å². The summed E-state index contributed by atoms with van der Waals surface area (Å²) in [5.74, 6) is 0.839. The predicted molar refractivity (Wildman–Crippen MR) is 84.6 cm³/mol. The van der Waals surface area contributed by atoms with Crippen molar-refractivity contribution in [3.05, 3.63) is 28.7 Å². The number of rotatable bonds is 9. The molecule has 0 amide bonds. The Morgan fingerprint density at radius 3 is 2.37 bits per heavy atom. The van der Waals surface area contributed by atoms with Crippen LogP contribution in [0.25, 0.3) is 0 Å². The zero-order valence-corrected chi connectivity index (χ0v) is 14.5. The third-order valence-electron chi connectivity index (χ3n) is 2.48. The lowest BCUT2D eigenvalue weighted by atomic mass is 10.3. The average Bonchev–Trinajstić information content (AvgIpc) is 2.33. The lowest BCUT2D eigenvalue weighted by molar-refractivity contribution is -0.0563. The summed E-state index contributed by atoms with van der Waals surface area (Å²) in [4.78, 5) is 0. The van der Waals surface area contributed by atoms with Gasteiger partial charge in [0, 0.05) is 14.7 Å². The van der Waals surface area contributed by atoms with Crippen LogP contribution >= 0.6 is 15.9 Å². The summed E-state index contributed by atoms with van der Waals surface area (Å²) in [6.07, 6.45) is 0. The van der Waals surface area contributed by atoms with E-state index >= 15 is 0 Å². The van der Waals surface area contributed by atoms with Gasteiger partial charge >= 0.3 is 0 Å². The highest BCUT2D eigenvalue weighted by atomic mass is 79.9. The van der Waals surface area contributed by atoms with E-state index in [-0.39, 0.29) is 0 Å². The smallest absolute Gasteiger partial charge is 0.146 e. The SMILES string of the molecule is C[Si](C)(C)CCOCOCCOc1ccccc1Br. The molecule has 19 heavy (non-hydrogen) atoms. The fraction of sp³-hybridized carbons (Fsp3) is 0.571. The highest BCUT2D eigenvalue weighted by Crippen LogP contribution is 2.23. The first kappa shape index (κ1) is 16.7. The topological polar surface area (TPSA) is 27.7 Å². The van der Waals surface area contributed by atoms with Crippen molar-refractivity contribution in [3.8, 4) is 5.75 Å². The lowest BCUT2D eigenvalue weighted by Gasteiger charge is -2.15. The maximum Gasteiger partial charge on any atom is 0.146 e. The van der Waals surface area contributed by atoms with Crippen LogP contribution in [0, 0.1) is 0 Å². The van der Waals surface area contributed by atoms with Crippen molar-refractivity contribution in [2.24, 2.45) is 0 Å². The Balaban J connectivity index is 1.99. The van der Waals surface area contributed by atoms with Gasteiger partial charge in [0.2, 0.25) is 0 Å². The van der Waals surface area contributed by atoms with Crippen molar-refractivity contribution >= 4 is 24.0 Å². The van der Waals surface area contributed by atoms with Gasteiger partial charge < -0.3 is 14.2 Å². The molecule has 0 atom stereocenters. The lowest BCUT2D eigenvalue weighted by Crippen LogP contribution is -2.22. The number of hydrogen-bond acceptors (Lipinski definition) is 3. The summed E-state index contributed by atoms with van der Waals surface area (Å²) >= 11 is 3.43. The van der Waals surface area contributed by atoms with E-state index in [2.05, 4.69) is 35.6 Å². The van der Waals surface area contributed by atoms with Crippen molar-refractivity contribution in [1.82, 2.24) is 0 Å². The molecule has 0 saturated carbocycles. The molecule has 1 aromatic carbocycles. The molecular weight excluding hydrogens is 324 g/mol. The fourth-order valence-electron chi connectivity index (χ4n) is 1.33. The molecule has 0 spiro atoms. The first-order valence-corrected chi connectivity index (χ1v) is 11.0. The Labute approximate surface area is 125 Å². The quantitative estimate of drug-likeness (QED) is 0.381. The highest BCUT2D eigenvalue weighted by Gasteiger charge is 2.11. The Morgan fingerprint density at radius 2 is 1.68 bits per heavy atom. The van der Waals surface area contributed by atoms with Crippen molar-refractivity contribution < 1.29 is 14.2 Å². The third kappa shape index (κ3) is 8.42. The molecule has 1 aromatic rings. The minimum absolute atomic E-state index is 0.351. The Kier molecular flexibility index (Phi) is 7.68. The number of para-hydroxylation sites is 1. The van der Waals surface area contributed by atoms with Crippen LogP contribution in [0.3, 0.4) is 0 Å². The molecule has 0 aromatic heterocycles. The van der Waals surface area contributed by atoms with Crippen molar-refractivity contribution in [2.45, 2.75) is 25.7 Å². The van der Waals surface area contributed by atoms with Gasteiger partial charge in [-0.1, -0.05) is 31.8 Å². The van der Waals surface area contributed by atoms with Crippen LogP contribution in [0.1, 0.15) is 0 Å². The van der Waals surface area contributed by atoms with Gasteiger partial charge in [-0.05, 0) is 34.1 Å². The van der Waals surface area contributed by atoms with Gasteiger partial charge in [0.05, 0.1) is 11.1 Å². The standard InChI is InChI=1S/C14H23BrO3Si/c1-19(2,3)11-10-17-12-16-8-9-18-14-7-5-4-6-13(14)15/h4-7H,8-12H2,1-3H3. The molecule has 0 saturated heterocycles. The number of halogens is 1. The van der Waals surface area contributed by atoms with E-state index in [4.69, 9.17) is 14.2 Å². The number of hydrogen-bond donors (Lipinski definition) is 0. The van der Waals surface area contributed by atoms with Crippen LogP contribution in [-0.2, 0) is 9.47 Å². The van der Waals surface area contributed by atoms with E-state index in [1.807, 2.05) is 24.3 Å². The monoisotopic (exact) mass is 346 g/mol. The summed E-state index contributed by atoms with van der Waals surface area (Å²) < 4.78 is 17.3. The van der Waals surface area contributed by atoms with E-state index in [0.717, 1.165) is 16.8 Å². The molecule has 108 valence electrons. The molecule has 0 aliphatic carbocycles. The largest absolute Gasteiger partial charge is 0.490 e. The van der Waals surface area contributed by atoms with Gasteiger partial charge in [0.25, 0.3) is 0 Å². The van der Waals surface area contributed by atoms with Gasteiger partial charge in [-0.15, -0.1) is 0 Å². The highest BCUT2D eigenvalue weighted by molar-refractivity contribution is 9.10. The molecule has 0 radical (unpaired) electrons. The zero-order valence-electron chi connectivity index (χ0n) is 11.9. The second-order valence-corrected chi connectivity index (χ2v) is 12.0. The molecule has 0 fully saturated rings. The van der Waals surface area contributed by atoms with Gasteiger partial charge in [-0.3, -0.25) is 0 Å². The second kappa shape index (κ2) is 8.74. The van der Waals surface area contributed by atoms with Crippen LogP contribution in [-0.4, -0.2) is 34.7 Å². The first-order valence-electron chi connectivity index (χ1n) is 6.52. The normalized spacial score (nSPS) is 11.6. The first-order chi connectivity index (χ1) is 8.99. The van der Waals surface area contributed by atoms with E-state index < -0.39 is 8.07 Å². The summed E-state index contributed by atoms with van der Waals surface area (Å²) in [5.41, 5.74) is 0. The third-order valence-corrected chi connectivity index (χ3v) is 4.84. The van der Waals surface area contributed by atoms with Crippen LogP contribution in [0.15, 0.2) is 28.7 Å². The molecular formula is C14H23BrO3Si. The van der Waals surface area contributed by atoms with Gasteiger partial charge in [0.1, 0.15) is 19.1 Å². The molecule has 0 bridgehead atoms. The summed E-state index contributed by atoms with van der Waals surface area (Å²) in [7, 11) is -0.993. The molecule has 0 aliphatic heterocycles. The van der Waals surface area contributed by atoms with Gasteiger partial charge in [-0.2, -0.15) is 0 Å². The molecule has 0 aliphatic rings. The predicted octanol–water partition coefficient (Wildman–Crippen LogP) is 4.16. The second-order valence-electron chi connectivity index (χ2n) is 5.52. The summed E-state index contributed by atoms with van der Waals surface area (Å²) in [6, 6.07) is 8.95. The van der Waals surface area contributed by atoms with Gasteiger partial charge in [0.15, 0.2) is 0 Å². The van der Waals surface area contributed by atoms with Crippen LogP contribution in [0.5, 0.6) is 5.75 Å². The minimum atomic E-state index is -0.993. The molecule has 3 nitrogen and oxygen atoms in total. The van der Waals surface area contributed by atoms with Crippen LogP contribution in [0.2, 0.25) is 25.7 Å². The van der Waals surface area contributed by atoms with E-state index in [1.165, 1.54) is 6.04 Å². The number of benzene rings is 1. The zero-order chi connectivity index (χ0) is 14.1. The van der Waals surface area contributed by atoms with E-state index in [0.29, 0.717) is 20.0 Å². The molecule has 1 rings (SSSR count). The summed E-state index contributed by atoms with van der Waals surface area (Å²) in [5, 5.41) is 0. The molecule has 0 heterocycles. The molecule has 0 N–H and O–H groups in total. The molecule has 5 heteroatoms. The maximum atomic E-state index is 5.58. The maximum absolute atomic E-state index is 5.58. The van der Waals surface area contributed by atoms with Crippen molar-refractivity contribution in [3.63, 3.8) is 0 Å². The van der Waals surface area contributed by atoms with E-state index in [1.54, 1.807) is 0 Å². The van der Waals surface area contributed by atoms with Crippen LogP contribution < -0.4 is 4.74 Å². The Morgan fingerprint density at radius 1 is 1.00 bits per heavy atom. The Bertz CT molecular complexity index is 366. The summed E-state index contributed by atoms with van der Waals surface area (Å²) in [6.45, 7) is 9.22. The number of ether oxygens (including phenoxy) is 3. The minimum Gasteiger partial charge on any atom is -0.490 e. The van der Waals surface area contributed by atoms with Crippen molar-refractivity contribution in [1.29, 1.82) is 0 Å². The average molecular weight is 347 g/mol. The van der Waals surface area contributed by atoms with Gasteiger partial charge in [-0.25, -0.2) is 0 Å². The van der Waals surface area contributed by atoms with E-state index in [9.17, 15) is 0 Å². The Hall–Kier alpha value is -0.363. The fourth-order valence-corrected chi connectivity index (χ4v) is 2.48. The molecule has 0 unspecified atom stereocenters. The van der Waals surface area contributed by atoms with Crippen molar-refractivity contribution in [2.75, 3.05) is 26.6 Å².